The lowest BCUT2D eigenvalue weighted by molar-refractivity contribution is 1.18. The van der Waals surface area contributed by atoms with E-state index >= 15 is 0 Å². The third kappa shape index (κ3) is 4.71. The van der Waals surface area contributed by atoms with Crippen LogP contribution >= 0.6 is 11.3 Å². The lowest BCUT2D eigenvalue weighted by Gasteiger charge is -2.11. The van der Waals surface area contributed by atoms with Gasteiger partial charge >= 0.3 is 0 Å². The summed E-state index contributed by atoms with van der Waals surface area (Å²) in [5.74, 6) is 0. The first-order chi connectivity index (χ1) is 25.7. The molecule has 246 valence electrons. The predicted molar refractivity (Wildman–Crippen MR) is 224 cm³/mol. The first-order valence-electron chi connectivity index (χ1n) is 17.7. The zero-order chi connectivity index (χ0) is 34.8. The number of thiophene rings is 1. The molecule has 0 fully saturated rings. The van der Waals surface area contributed by atoms with Crippen LogP contribution in [-0.2, 0) is 0 Å². The molecule has 3 aromatic heterocycles. The Labute approximate surface area is 305 Å². The number of para-hydroxylation sites is 3. The molecule has 3 heterocycles. The largest absolute Gasteiger partial charge is 0.309 e. The van der Waals surface area contributed by atoms with Crippen LogP contribution in [0.2, 0.25) is 0 Å². The van der Waals surface area contributed by atoms with Crippen molar-refractivity contribution in [2.45, 2.75) is 6.92 Å². The highest BCUT2D eigenvalue weighted by atomic mass is 32.1. The minimum Gasteiger partial charge on any atom is -0.309 e. The Kier molecular flexibility index (Phi) is 7.09. The van der Waals surface area contributed by atoms with E-state index in [-0.39, 0.29) is 0 Å². The van der Waals surface area contributed by atoms with E-state index in [4.69, 9.17) is 0 Å². The number of nitrogens with zero attached hydrogens (tertiary/aromatic N) is 2. The van der Waals surface area contributed by atoms with Gasteiger partial charge in [0, 0.05) is 52.8 Å². The molecule has 0 atom stereocenters. The van der Waals surface area contributed by atoms with Crippen LogP contribution in [0.5, 0.6) is 0 Å². The van der Waals surface area contributed by atoms with Crippen LogP contribution in [0, 0.1) is 0 Å². The topological polar surface area (TPSA) is 9.86 Å². The molecule has 3 heteroatoms. The van der Waals surface area contributed by atoms with Crippen LogP contribution in [0.4, 0.5) is 0 Å². The number of hydrogen-bond acceptors (Lipinski definition) is 1. The fourth-order valence-corrected chi connectivity index (χ4v) is 9.27. The van der Waals surface area contributed by atoms with E-state index in [2.05, 4.69) is 193 Å². The van der Waals surface area contributed by atoms with Gasteiger partial charge in [-0.1, -0.05) is 116 Å². The second-order valence-electron chi connectivity index (χ2n) is 13.4. The Morgan fingerprint density at radius 1 is 0.500 bits per heavy atom. The monoisotopic (exact) mass is 682 g/mol. The second kappa shape index (κ2) is 12.1. The van der Waals surface area contributed by atoms with E-state index in [0.29, 0.717) is 0 Å². The van der Waals surface area contributed by atoms with E-state index in [0.717, 1.165) is 5.69 Å². The van der Waals surface area contributed by atoms with Crippen LogP contribution in [0.25, 0.3) is 87.8 Å². The molecule has 10 aromatic rings. The summed E-state index contributed by atoms with van der Waals surface area (Å²) in [5.41, 5.74) is 12.1. The number of aromatic nitrogens is 2. The highest BCUT2D eigenvalue weighted by Gasteiger charge is 2.16. The molecule has 0 aliphatic rings. The molecule has 0 saturated carbocycles. The van der Waals surface area contributed by atoms with Crippen LogP contribution < -0.4 is 9.75 Å². The van der Waals surface area contributed by atoms with Gasteiger partial charge in [0.05, 0.1) is 22.1 Å². The Hall–Kier alpha value is -6.42. The summed E-state index contributed by atoms with van der Waals surface area (Å²) in [5, 5.41) is 7.56. The molecule has 0 spiro atoms. The lowest BCUT2D eigenvalue weighted by atomic mass is 10.0. The maximum absolute atomic E-state index is 4.02. The van der Waals surface area contributed by atoms with Gasteiger partial charge in [-0.2, -0.15) is 0 Å². The van der Waals surface area contributed by atoms with E-state index in [1.54, 1.807) is 0 Å². The molecular formula is C49H34N2S. The summed E-state index contributed by atoms with van der Waals surface area (Å²) in [7, 11) is 0. The minimum atomic E-state index is 1.15. The molecular weight excluding hydrogens is 649 g/mol. The van der Waals surface area contributed by atoms with Gasteiger partial charge in [0.15, 0.2) is 0 Å². The summed E-state index contributed by atoms with van der Waals surface area (Å²) in [6.07, 6.45) is 4.04. The molecule has 0 radical (unpaired) electrons. The van der Waals surface area contributed by atoms with E-state index < -0.39 is 0 Å². The number of allylic oxidation sites excluding steroid dienone is 1. The zero-order valence-corrected chi connectivity index (χ0v) is 29.6. The Morgan fingerprint density at radius 3 is 1.73 bits per heavy atom. The molecule has 7 aromatic carbocycles. The van der Waals surface area contributed by atoms with Gasteiger partial charge in [0.1, 0.15) is 0 Å². The third-order valence-corrected chi connectivity index (χ3v) is 11.8. The van der Waals surface area contributed by atoms with Crippen LogP contribution in [-0.4, -0.2) is 9.13 Å². The van der Waals surface area contributed by atoms with Gasteiger partial charge in [-0.25, -0.2) is 0 Å². The van der Waals surface area contributed by atoms with Gasteiger partial charge in [-0.15, -0.1) is 11.3 Å². The van der Waals surface area contributed by atoms with Crippen molar-refractivity contribution in [3.63, 3.8) is 0 Å². The Balaban J connectivity index is 1.09. The maximum atomic E-state index is 4.02. The number of hydrogen-bond donors (Lipinski definition) is 0. The zero-order valence-electron chi connectivity index (χ0n) is 28.8. The van der Waals surface area contributed by atoms with Crippen LogP contribution in [0.15, 0.2) is 176 Å². The van der Waals surface area contributed by atoms with Crippen LogP contribution in [0.1, 0.15) is 12.5 Å². The normalized spacial score (nSPS) is 12.8. The van der Waals surface area contributed by atoms with Crippen molar-refractivity contribution in [1.82, 2.24) is 9.13 Å². The van der Waals surface area contributed by atoms with Gasteiger partial charge < -0.3 is 9.13 Å². The molecule has 2 nitrogen and oxygen atoms in total. The SMILES string of the molecule is C=C/C=c1\c(=C(/C)c2ccc3c(c2)c2ccccc2n3-c2ccc(-c3ccc4c(c3)c3ccccc3n4-c3ccccc3)cc2)sc2ccccc12. The molecule has 0 amide bonds. The van der Waals surface area contributed by atoms with Crippen molar-refractivity contribution in [1.29, 1.82) is 0 Å². The fraction of sp³-hybridized carbons (Fsp3) is 0.0204. The van der Waals surface area contributed by atoms with Crippen LogP contribution in [0.3, 0.4) is 0 Å². The number of benzene rings is 7. The summed E-state index contributed by atoms with van der Waals surface area (Å²) in [6, 6.07) is 59.6. The maximum Gasteiger partial charge on any atom is 0.0541 e. The average molecular weight is 683 g/mol. The van der Waals surface area contributed by atoms with Crippen molar-refractivity contribution in [3.8, 4) is 22.5 Å². The molecule has 0 aliphatic heterocycles. The van der Waals surface area contributed by atoms with Crippen molar-refractivity contribution in [3.05, 3.63) is 192 Å². The average Bonchev–Trinajstić information content (AvgIpc) is 3.85. The molecule has 0 saturated heterocycles. The fourth-order valence-electron chi connectivity index (χ4n) is 8.05. The van der Waals surface area contributed by atoms with E-state index in [1.165, 1.54) is 91.4 Å². The van der Waals surface area contributed by atoms with Crippen molar-refractivity contribution in [2.24, 2.45) is 0 Å². The summed E-state index contributed by atoms with van der Waals surface area (Å²) in [6.45, 7) is 6.27. The van der Waals surface area contributed by atoms with Gasteiger partial charge in [-0.3, -0.25) is 0 Å². The molecule has 0 N–H and O–H groups in total. The van der Waals surface area contributed by atoms with Crippen molar-refractivity contribution < 1.29 is 0 Å². The molecule has 0 unspecified atom stereocenters. The van der Waals surface area contributed by atoms with Crippen molar-refractivity contribution >= 4 is 76.7 Å². The molecule has 0 bridgehead atoms. The Bertz CT molecular complexity index is 3140. The van der Waals surface area contributed by atoms with E-state index in [1.807, 2.05) is 17.4 Å². The Morgan fingerprint density at radius 2 is 1.04 bits per heavy atom. The van der Waals surface area contributed by atoms with Crippen molar-refractivity contribution in [2.75, 3.05) is 0 Å². The van der Waals surface area contributed by atoms with Gasteiger partial charge in [0.2, 0.25) is 0 Å². The summed E-state index contributed by atoms with van der Waals surface area (Å²) < 4.78 is 7.36. The lowest BCUT2D eigenvalue weighted by Crippen LogP contribution is -2.21. The smallest absolute Gasteiger partial charge is 0.0541 e. The summed E-state index contributed by atoms with van der Waals surface area (Å²) in [4.78, 5) is 0. The first-order valence-corrected chi connectivity index (χ1v) is 18.5. The summed E-state index contributed by atoms with van der Waals surface area (Å²) >= 11 is 1.86. The van der Waals surface area contributed by atoms with Gasteiger partial charge in [-0.05, 0) is 95.9 Å². The third-order valence-electron chi connectivity index (χ3n) is 10.5. The quantitative estimate of drug-likeness (QED) is 0.171. The standard InChI is InChI=1S/C49H34N2S/c1-3-13-41-40-18-9-12-21-48(40)52-49(41)32(2)34-24-28-46-42(30-34)38-16-7-11-20-45(38)51(46)37-26-22-33(23-27-37)35-25-29-47-43(31-35)39-17-8-10-19-44(39)50(47)36-14-5-4-6-15-36/h3-31H,1H2,2H3/b41-13-,49-32-. The number of rotatable bonds is 5. The molecule has 52 heavy (non-hydrogen) atoms. The predicted octanol–water partition coefficient (Wildman–Crippen LogP) is 11.9. The van der Waals surface area contributed by atoms with Gasteiger partial charge in [0.25, 0.3) is 0 Å². The molecule has 10 rings (SSSR count). The highest BCUT2D eigenvalue weighted by molar-refractivity contribution is 7.17. The molecule has 0 aliphatic carbocycles. The number of fused-ring (bicyclic) bond motifs is 7. The van der Waals surface area contributed by atoms with E-state index in [9.17, 15) is 0 Å². The first kappa shape index (κ1) is 30.4. The minimum absolute atomic E-state index is 1.15. The highest BCUT2D eigenvalue weighted by Crippen LogP contribution is 2.37. The second-order valence-corrected chi connectivity index (χ2v) is 14.5.